The first kappa shape index (κ1) is 12.2. The van der Waals surface area contributed by atoms with Gasteiger partial charge in [0.15, 0.2) is 0 Å². The van der Waals surface area contributed by atoms with E-state index in [1.807, 2.05) is 18.2 Å². The van der Waals surface area contributed by atoms with Crippen LogP contribution in [0.3, 0.4) is 0 Å². The lowest BCUT2D eigenvalue weighted by molar-refractivity contribution is 0.170. The van der Waals surface area contributed by atoms with E-state index in [1.165, 1.54) is 5.56 Å². The van der Waals surface area contributed by atoms with Crippen molar-refractivity contribution in [3.63, 3.8) is 0 Å². The largest absolute Gasteiger partial charge is 0.395 e. The van der Waals surface area contributed by atoms with Crippen LogP contribution >= 0.6 is 0 Å². The van der Waals surface area contributed by atoms with Gasteiger partial charge in [0.25, 0.3) is 0 Å². The number of benzene rings is 1. The highest BCUT2D eigenvalue weighted by molar-refractivity contribution is 5.18. The molecule has 0 aliphatic heterocycles. The highest BCUT2D eigenvalue weighted by atomic mass is 16.3. The van der Waals surface area contributed by atoms with Gasteiger partial charge in [-0.05, 0) is 11.5 Å². The Morgan fingerprint density at radius 3 is 2.27 bits per heavy atom. The van der Waals surface area contributed by atoms with Gasteiger partial charge in [0.2, 0.25) is 0 Å². The van der Waals surface area contributed by atoms with Crippen LogP contribution in [0.15, 0.2) is 30.3 Å². The Labute approximate surface area is 90.8 Å². The molecule has 1 rings (SSSR count). The maximum atomic E-state index is 8.89. The highest BCUT2D eigenvalue weighted by Crippen LogP contribution is 2.13. The van der Waals surface area contributed by atoms with Gasteiger partial charge in [0, 0.05) is 6.54 Å². The Morgan fingerprint density at radius 1 is 1.13 bits per heavy atom. The zero-order chi connectivity index (χ0) is 11.1. The van der Waals surface area contributed by atoms with Crippen LogP contribution in [0.25, 0.3) is 0 Å². The van der Waals surface area contributed by atoms with Gasteiger partial charge in [0.05, 0.1) is 19.3 Å². The quantitative estimate of drug-likeness (QED) is 0.647. The van der Waals surface area contributed by atoms with E-state index in [4.69, 9.17) is 10.2 Å². The Kier molecular flexibility index (Phi) is 5.32. The van der Waals surface area contributed by atoms with E-state index in [9.17, 15) is 0 Å². The first-order valence-electron chi connectivity index (χ1n) is 5.28. The standard InChI is InChI=1S/C12H19NO2/c1-10(7-13-12(8-14)9-15)11-5-3-2-4-6-11/h2-6,10,12-15H,7-9H2,1H3. The zero-order valence-corrected chi connectivity index (χ0v) is 9.06. The van der Waals surface area contributed by atoms with Crippen molar-refractivity contribution in [2.24, 2.45) is 0 Å². The topological polar surface area (TPSA) is 52.5 Å². The van der Waals surface area contributed by atoms with E-state index in [2.05, 4.69) is 24.4 Å². The highest BCUT2D eigenvalue weighted by Gasteiger charge is 2.08. The third kappa shape index (κ3) is 4.00. The van der Waals surface area contributed by atoms with Crippen LogP contribution in [-0.4, -0.2) is 36.0 Å². The summed E-state index contributed by atoms with van der Waals surface area (Å²) in [6.45, 7) is 2.82. The van der Waals surface area contributed by atoms with Crippen LogP contribution in [0.2, 0.25) is 0 Å². The molecule has 15 heavy (non-hydrogen) atoms. The summed E-state index contributed by atoms with van der Waals surface area (Å²) in [7, 11) is 0. The molecule has 0 bridgehead atoms. The zero-order valence-electron chi connectivity index (χ0n) is 9.06. The molecule has 1 aromatic carbocycles. The van der Waals surface area contributed by atoms with E-state index in [0.717, 1.165) is 6.54 Å². The maximum Gasteiger partial charge on any atom is 0.0607 e. The molecule has 0 radical (unpaired) electrons. The van der Waals surface area contributed by atoms with E-state index in [0.29, 0.717) is 5.92 Å². The SMILES string of the molecule is CC(CNC(CO)CO)c1ccccc1. The van der Waals surface area contributed by atoms with Crippen molar-refractivity contribution in [3.8, 4) is 0 Å². The Hall–Kier alpha value is -0.900. The summed E-state index contributed by atoms with van der Waals surface area (Å²) < 4.78 is 0. The third-order valence-electron chi connectivity index (χ3n) is 2.52. The molecule has 0 aliphatic rings. The molecule has 0 heterocycles. The smallest absolute Gasteiger partial charge is 0.0607 e. The van der Waals surface area contributed by atoms with Crippen molar-refractivity contribution in [3.05, 3.63) is 35.9 Å². The van der Waals surface area contributed by atoms with Crippen LogP contribution in [0.4, 0.5) is 0 Å². The molecule has 3 heteroatoms. The molecule has 0 aliphatic carbocycles. The molecule has 0 spiro atoms. The lowest BCUT2D eigenvalue weighted by atomic mass is 10.0. The monoisotopic (exact) mass is 209 g/mol. The molecule has 0 saturated carbocycles. The molecule has 0 amide bonds. The van der Waals surface area contributed by atoms with Gasteiger partial charge in [0.1, 0.15) is 0 Å². The van der Waals surface area contributed by atoms with Crippen LogP contribution in [0.1, 0.15) is 18.4 Å². The fourth-order valence-electron chi connectivity index (χ4n) is 1.43. The number of hydrogen-bond acceptors (Lipinski definition) is 3. The van der Waals surface area contributed by atoms with Gasteiger partial charge in [-0.25, -0.2) is 0 Å². The summed E-state index contributed by atoms with van der Waals surface area (Å²) in [6.07, 6.45) is 0. The number of aliphatic hydroxyl groups excluding tert-OH is 2. The molecular weight excluding hydrogens is 190 g/mol. The van der Waals surface area contributed by atoms with Gasteiger partial charge < -0.3 is 15.5 Å². The van der Waals surface area contributed by atoms with Gasteiger partial charge in [-0.3, -0.25) is 0 Å². The molecule has 3 N–H and O–H groups in total. The summed E-state index contributed by atoms with van der Waals surface area (Å²) >= 11 is 0. The minimum atomic E-state index is -0.212. The Morgan fingerprint density at radius 2 is 1.73 bits per heavy atom. The van der Waals surface area contributed by atoms with Crippen LogP contribution < -0.4 is 5.32 Å². The predicted octanol–water partition coefficient (Wildman–Crippen LogP) is 0.733. The van der Waals surface area contributed by atoms with E-state index in [1.54, 1.807) is 0 Å². The average Bonchev–Trinajstić information content (AvgIpc) is 2.31. The van der Waals surface area contributed by atoms with Crippen molar-refractivity contribution >= 4 is 0 Å². The van der Waals surface area contributed by atoms with Crippen molar-refractivity contribution in [1.29, 1.82) is 0 Å². The van der Waals surface area contributed by atoms with Gasteiger partial charge >= 0.3 is 0 Å². The number of hydrogen-bond donors (Lipinski definition) is 3. The molecule has 1 unspecified atom stereocenters. The molecule has 0 aromatic heterocycles. The van der Waals surface area contributed by atoms with Gasteiger partial charge in [-0.1, -0.05) is 37.3 Å². The van der Waals surface area contributed by atoms with Gasteiger partial charge in [-0.15, -0.1) is 0 Å². The molecule has 1 atom stereocenters. The summed E-state index contributed by atoms with van der Waals surface area (Å²) in [4.78, 5) is 0. The van der Waals surface area contributed by atoms with E-state index >= 15 is 0 Å². The minimum absolute atomic E-state index is 0.0298. The van der Waals surface area contributed by atoms with Crippen LogP contribution in [0.5, 0.6) is 0 Å². The first-order valence-corrected chi connectivity index (χ1v) is 5.28. The third-order valence-corrected chi connectivity index (χ3v) is 2.52. The lowest BCUT2D eigenvalue weighted by Crippen LogP contribution is -2.37. The van der Waals surface area contributed by atoms with E-state index in [-0.39, 0.29) is 19.3 Å². The number of rotatable bonds is 6. The fraction of sp³-hybridized carbons (Fsp3) is 0.500. The second kappa shape index (κ2) is 6.56. The van der Waals surface area contributed by atoms with Crippen molar-refractivity contribution in [2.75, 3.05) is 19.8 Å². The maximum absolute atomic E-state index is 8.89. The van der Waals surface area contributed by atoms with Crippen molar-refractivity contribution < 1.29 is 10.2 Å². The van der Waals surface area contributed by atoms with Crippen LogP contribution in [-0.2, 0) is 0 Å². The molecule has 1 aromatic rings. The summed E-state index contributed by atoms with van der Waals surface area (Å²) in [5, 5.41) is 20.9. The van der Waals surface area contributed by atoms with Crippen LogP contribution in [0, 0.1) is 0 Å². The van der Waals surface area contributed by atoms with Gasteiger partial charge in [-0.2, -0.15) is 0 Å². The normalized spacial score (nSPS) is 13.1. The molecular formula is C12H19NO2. The second-order valence-corrected chi connectivity index (χ2v) is 3.78. The van der Waals surface area contributed by atoms with Crippen molar-refractivity contribution in [1.82, 2.24) is 5.32 Å². The average molecular weight is 209 g/mol. The summed E-state index contributed by atoms with van der Waals surface area (Å²) in [5.74, 6) is 0.381. The van der Waals surface area contributed by atoms with E-state index < -0.39 is 0 Å². The summed E-state index contributed by atoms with van der Waals surface area (Å²) in [5.41, 5.74) is 1.26. The lowest BCUT2D eigenvalue weighted by Gasteiger charge is -2.17. The number of nitrogens with one attached hydrogen (secondary N) is 1. The Balaban J connectivity index is 2.39. The molecule has 0 fully saturated rings. The number of aliphatic hydroxyl groups is 2. The predicted molar refractivity (Wildman–Crippen MR) is 60.8 cm³/mol. The summed E-state index contributed by atoms with van der Waals surface area (Å²) in [6, 6.07) is 9.98. The first-order chi connectivity index (χ1) is 7.27. The molecule has 0 saturated heterocycles. The second-order valence-electron chi connectivity index (χ2n) is 3.78. The Bertz CT molecular complexity index is 260. The minimum Gasteiger partial charge on any atom is -0.395 e. The molecule has 3 nitrogen and oxygen atoms in total. The van der Waals surface area contributed by atoms with Crippen molar-refractivity contribution in [2.45, 2.75) is 18.9 Å². The fourth-order valence-corrected chi connectivity index (χ4v) is 1.43. The molecule has 84 valence electrons.